The van der Waals surface area contributed by atoms with E-state index in [2.05, 4.69) is 10.4 Å². The molecule has 0 spiro atoms. The summed E-state index contributed by atoms with van der Waals surface area (Å²) in [5, 5.41) is 8.27. The van der Waals surface area contributed by atoms with Crippen molar-refractivity contribution in [2.24, 2.45) is 5.10 Å². The minimum atomic E-state index is -3.13. The first-order chi connectivity index (χ1) is 12.3. The van der Waals surface area contributed by atoms with Gasteiger partial charge in [0.1, 0.15) is 11.5 Å². The van der Waals surface area contributed by atoms with Crippen molar-refractivity contribution in [3.8, 4) is 0 Å². The highest BCUT2D eigenvalue weighted by Gasteiger charge is 2.37. The van der Waals surface area contributed by atoms with Crippen LogP contribution in [-0.2, 0) is 25.8 Å². The predicted octanol–water partition coefficient (Wildman–Crippen LogP) is 0.882. The molecule has 3 rings (SSSR count). The minimum Gasteiger partial charge on any atom is -0.469 e. The van der Waals surface area contributed by atoms with Gasteiger partial charge in [-0.2, -0.15) is 5.10 Å². The average molecular weight is 381 g/mol. The van der Waals surface area contributed by atoms with Gasteiger partial charge in [0.25, 0.3) is 5.91 Å². The van der Waals surface area contributed by atoms with Crippen LogP contribution in [0.5, 0.6) is 0 Å². The van der Waals surface area contributed by atoms with Gasteiger partial charge in [-0.15, -0.1) is 0 Å². The van der Waals surface area contributed by atoms with Crippen molar-refractivity contribution in [1.82, 2.24) is 10.3 Å². The number of hydrazone groups is 1. The van der Waals surface area contributed by atoms with Crippen LogP contribution in [0, 0.1) is 0 Å². The van der Waals surface area contributed by atoms with Gasteiger partial charge in [0.15, 0.2) is 9.84 Å². The highest BCUT2D eigenvalue weighted by Crippen LogP contribution is 2.22. The summed E-state index contributed by atoms with van der Waals surface area (Å²) in [6.45, 7) is 1.90. The Kier molecular flexibility index (Phi) is 5.45. The van der Waals surface area contributed by atoms with Gasteiger partial charge < -0.3 is 9.73 Å². The van der Waals surface area contributed by atoms with Crippen molar-refractivity contribution in [3.63, 3.8) is 0 Å². The van der Waals surface area contributed by atoms with Crippen LogP contribution < -0.4 is 5.32 Å². The van der Waals surface area contributed by atoms with Crippen molar-refractivity contribution in [2.45, 2.75) is 51.1 Å². The Balaban J connectivity index is 1.59. The Labute approximate surface area is 152 Å². The fraction of sp³-hybridized carbons (Fsp3) is 0.588. The molecule has 0 saturated carbocycles. The molecule has 2 aliphatic rings. The van der Waals surface area contributed by atoms with E-state index >= 15 is 0 Å². The molecular formula is C17H23N3O5S. The molecule has 0 radical (unpaired) electrons. The first-order valence-electron chi connectivity index (χ1n) is 8.77. The second-order valence-electron chi connectivity index (χ2n) is 6.83. The summed E-state index contributed by atoms with van der Waals surface area (Å²) in [6, 6.07) is 3.17. The fourth-order valence-corrected chi connectivity index (χ4v) is 4.87. The molecule has 3 heterocycles. The molecule has 0 aromatic carbocycles. The number of furan rings is 1. The number of rotatable bonds is 6. The lowest BCUT2D eigenvalue weighted by Gasteiger charge is -2.28. The maximum atomic E-state index is 12.4. The van der Waals surface area contributed by atoms with Gasteiger partial charge in [-0.3, -0.25) is 9.59 Å². The molecule has 1 aromatic heterocycles. The maximum absolute atomic E-state index is 12.4. The SMILES string of the molecule is CC(CCc1ccco1)NC(=O)C1=NN(C2CCS(=O)(=O)C2)C(=O)CC1. The number of amides is 2. The molecule has 9 heteroatoms. The van der Waals surface area contributed by atoms with Gasteiger partial charge in [-0.25, -0.2) is 13.4 Å². The Morgan fingerprint density at radius 3 is 2.92 bits per heavy atom. The van der Waals surface area contributed by atoms with E-state index in [1.54, 1.807) is 6.26 Å². The molecule has 2 unspecified atom stereocenters. The van der Waals surface area contributed by atoms with Gasteiger partial charge in [0.05, 0.1) is 23.8 Å². The van der Waals surface area contributed by atoms with Crippen LogP contribution in [0.25, 0.3) is 0 Å². The highest BCUT2D eigenvalue weighted by atomic mass is 32.2. The van der Waals surface area contributed by atoms with Gasteiger partial charge in [-0.05, 0) is 31.9 Å². The van der Waals surface area contributed by atoms with Crippen LogP contribution in [0.2, 0.25) is 0 Å². The second kappa shape index (κ2) is 7.61. The van der Waals surface area contributed by atoms with Crippen LogP contribution in [0.4, 0.5) is 0 Å². The second-order valence-corrected chi connectivity index (χ2v) is 9.06. The molecule has 2 atom stereocenters. The quantitative estimate of drug-likeness (QED) is 0.787. The number of carbonyl (C=O) groups is 2. The largest absolute Gasteiger partial charge is 0.469 e. The molecule has 0 bridgehead atoms. The molecule has 1 saturated heterocycles. The Morgan fingerprint density at radius 2 is 2.27 bits per heavy atom. The van der Waals surface area contributed by atoms with E-state index in [1.165, 1.54) is 5.01 Å². The molecule has 0 aliphatic carbocycles. The van der Waals surface area contributed by atoms with E-state index in [4.69, 9.17) is 4.42 Å². The molecule has 1 fully saturated rings. The number of nitrogens with zero attached hydrogens (tertiary/aromatic N) is 2. The summed E-state index contributed by atoms with van der Waals surface area (Å²) in [7, 11) is -3.13. The van der Waals surface area contributed by atoms with Crippen molar-refractivity contribution in [1.29, 1.82) is 0 Å². The molecule has 142 valence electrons. The summed E-state index contributed by atoms with van der Waals surface area (Å²) < 4.78 is 28.6. The van der Waals surface area contributed by atoms with E-state index < -0.39 is 15.9 Å². The van der Waals surface area contributed by atoms with Crippen molar-refractivity contribution in [3.05, 3.63) is 24.2 Å². The normalized spacial score (nSPS) is 23.6. The van der Waals surface area contributed by atoms with Crippen LogP contribution in [-0.4, -0.2) is 54.5 Å². The monoisotopic (exact) mass is 381 g/mol. The van der Waals surface area contributed by atoms with E-state index in [1.807, 2.05) is 19.1 Å². The number of sulfone groups is 1. The zero-order valence-corrected chi connectivity index (χ0v) is 15.5. The maximum Gasteiger partial charge on any atom is 0.267 e. The first kappa shape index (κ1) is 18.6. The number of nitrogens with one attached hydrogen (secondary N) is 1. The Morgan fingerprint density at radius 1 is 1.46 bits per heavy atom. The van der Waals surface area contributed by atoms with Crippen molar-refractivity contribution in [2.75, 3.05) is 11.5 Å². The zero-order valence-electron chi connectivity index (χ0n) is 14.7. The Hall–Kier alpha value is -2.16. The number of hydrogen-bond donors (Lipinski definition) is 1. The molecule has 2 aliphatic heterocycles. The number of carbonyl (C=O) groups excluding carboxylic acids is 2. The van der Waals surface area contributed by atoms with Crippen LogP contribution in [0.1, 0.15) is 38.4 Å². The summed E-state index contributed by atoms with van der Waals surface area (Å²) in [4.78, 5) is 24.5. The Bertz CT molecular complexity index is 800. The van der Waals surface area contributed by atoms with Gasteiger partial charge >= 0.3 is 0 Å². The zero-order chi connectivity index (χ0) is 18.7. The molecule has 26 heavy (non-hydrogen) atoms. The third-order valence-corrected chi connectivity index (χ3v) is 6.41. The molecule has 1 N–H and O–H groups in total. The summed E-state index contributed by atoms with van der Waals surface area (Å²) in [5.41, 5.74) is 0.277. The first-order valence-corrected chi connectivity index (χ1v) is 10.6. The summed E-state index contributed by atoms with van der Waals surface area (Å²) in [6.07, 6.45) is 3.85. The lowest BCUT2D eigenvalue weighted by atomic mass is 10.1. The predicted molar refractivity (Wildman–Crippen MR) is 95.2 cm³/mol. The smallest absolute Gasteiger partial charge is 0.267 e. The molecular weight excluding hydrogens is 358 g/mol. The van der Waals surface area contributed by atoms with E-state index in [-0.39, 0.29) is 47.9 Å². The van der Waals surface area contributed by atoms with Gasteiger partial charge in [0, 0.05) is 25.3 Å². The topological polar surface area (TPSA) is 109 Å². The molecule has 1 aromatic rings. The van der Waals surface area contributed by atoms with Gasteiger partial charge in [0.2, 0.25) is 5.91 Å². The van der Waals surface area contributed by atoms with E-state index in [0.717, 1.165) is 12.2 Å². The average Bonchev–Trinajstić information content (AvgIpc) is 3.22. The minimum absolute atomic E-state index is 0.0578. The van der Waals surface area contributed by atoms with Crippen molar-refractivity contribution < 1.29 is 22.4 Å². The van der Waals surface area contributed by atoms with Crippen LogP contribution >= 0.6 is 0 Å². The third-order valence-electron chi connectivity index (χ3n) is 4.66. The van der Waals surface area contributed by atoms with Gasteiger partial charge in [-0.1, -0.05) is 0 Å². The van der Waals surface area contributed by atoms with E-state index in [0.29, 0.717) is 12.8 Å². The van der Waals surface area contributed by atoms with Crippen LogP contribution in [0.3, 0.4) is 0 Å². The van der Waals surface area contributed by atoms with E-state index in [9.17, 15) is 18.0 Å². The number of aryl methyl sites for hydroxylation is 1. The third kappa shape index (κ3) is 4.51. The fourth-order valence-electron chi connectivity index (χ4n) is 3.18. The lowest BCUT2D eigenvalue weighted by molar-refractivity contribution is -0.133. The molecule has 8 nitrogen and oxygen atoms in total. The lowest BCUT2D eigenvalue weighted by Crippen LogP contribution is -2.45. The van der Waals surface area contributed by atoms with Crippen molar-refractivity contribution >= 4 is 27.4 Å². The number of hydrogen-bond acceptors (Lipinski definition) is 6. The standard InChI is InChI=1S/C17H23N3O5S/c1-12(4-5-14-3-2-9-25-14)18-17(22)15-6-7-16(21)20(19-15)13-8-10-26(23,24)11-13/h2-3,9,12-13H,4-8,10-11H2,1H3,(H,18,22). The summed E-state index contributed by atoms with van der Waals surface area (Å²) >= 11 is 0. The molecule has 2 amide bonds. The van der Waals surface area contributed by atoms with Crippen LogP contribution in [0.15, 0.2) is 27.9 Å². The summed E-state index contributed by atoms with van der Waals surface area (Å²) in [5.74, 6) is 0.295. The highest BCUT2D eigenvalue weighted by molar-refractivity contribution is 7.91.